The largest absolute Gasteiger partial charge is 0.484 e. The van der Waals surface area contributed by atoms with Crippen LogP contribution in [0.3, 0.4) is 0 Å². The van der Waals surface area contributed by atoms with E-state index in [1.54, 1.807) is 12.5 Å². The predicted molar refractivity (Wildman–Crippen MR) is 156 cm³/mol. The Bertz CT molecular complexity index is 1460. The lowest BCUT2D eigenvalue weighted by molar-refractivity contribution is -0.137. The number of hydrogen-bond acceptors (Lipinski definition) is 17. The number of carboxylic acid groups (broad SMARTS) is 1. The molecule has 0 aliphatic rings. The van der Waals surface area contributed by atoms with E-state index in [9.17, 15) is 9.59 Å². The van der Waals surface area contributed by atoms with Crippen LogP contribution in [-0.2, 0) is 24.6 Å². The van der Waals surface area contributed by atoms with Crippen molar-refractivity contribution in [3.05, 3.63) is 35.4 Å². The molecule has 0 bridgehead atoms. The molecular weight excluding hydrogens is 639 g/mol. The van der Waals surface area contributed by atoms with Crippen LogP contribution in [0.1, 0.15) is 53.7 Å². The van der Waals surface area contributed by atoms with E-state index in [4.69, 9.17) is 32.6 Å². The van der Waals surface area contributed by atoms with E-state index in [1.807, 2.05) is 6.26 Å². The second-order valence-electron chi connectivity index (χ2n) is 8.62. The van der Waals surface area contributed by atoms with Crippen molar-refractivity contribution in [2.24, 2.45) is 0 Å². The van der Waals surface area contributed by atoms with Gasteiger partial charge in [-0.15, -0.1) is 30.6 Å². The Morgan fingerprint density at radius 2 is 1.20 bits per heavy atom. The quantitative estimate of drug-likeness (QED) is 0.106. The highest BCUT2D eigenvalue weighted by Gasteiger charge is 2.23. The first-order valence-corrected chi connectivity index (χ1v) is 16.7. The molecule has 3 heterocycles. The minimum absolute atomic E-state index is 0.0597. The smallest absolute Gasteiger partial charge is 0.303 e. The standard InChI is InChI=1S/C25H29N7O9S3/c1-42-23-30-27-17(39-23)11-36-14-9-15(37-12-18-28-31-24(40-18)43-2)21(22(35)26-8-6-4-5-7-20(33)34)16(10-14)38-13-19-29-32-25(41-19)44-3/h9-10H,4-8,11-13H2,1-3H3,(H,26,35)(H,33,34). The van der Waals surface area contributed by atoms with E-state index >= 15 is 0 Å². The average molecular weight is 668 g/mol. The zero-order valence-corrected chi connectivity index (χ0v) is 26.4. The zero-order valence-electron chi connectivity index (χ0n) is 23.9. The number of carbonyl (C=O) groups excluding carboxylic acids is 1. The lowest BCUT2D eigenvalue weighted by Crippen LogP contribution is -2.26. The zero-order chi connectivity index (χ0) is 31.3. The number of nitrogens with one attached hydrogen (secondary N) is 1. The van der Waals surface area contributed by atoms with Crippen molar-refractivity contribution in [1.82, 2.24) is 35.9 Å². The minimum atomic E-state index is -0.861. The summed E-state index contributed by atoms with van der Waals surface area (Å²) in [6, 6.07) is 3.04. The SMILES string of the molecule is CSc1nnc(COc2cc(OCc3nnc(SC)o3)c(C(=O)NCCCCCC(=O)O)c(OCc3nnc(SC)o3)c2)o1. The Morgan fingerprint density at radius 1 is 0.727 bits per heavy atom. The number of nitrogens with zero attached hydrogens (tertiary/aromatic N) is 6. The molecule has 0 spiro atoms. The molecule has 1 aromatic carbocycles. The van der Waals surface area contributed by atoms with Gasteiger partial charge in [-0.2, -0.15) is 0 Å². The van der Waals surface area contributed by atoms with Gasteiger partial charge in [0.05, 0.1) is 0 Å². The molecule has 0 radical (unpaired) electrons. The topological polar surface area (TPSA) is 211 Å². The summed E-state index contributed by atoms with van der Waals surface area (Å²) in [6.45, 7) is -0.0529. The number of ether oxygens (including phenoxy) is 3. The first-order valence-electron chi connectivity index (χ1n) is 13.0. The molecule has 1 amide bonds. The maximum absolute atomic E-state index is 13.5. The van der Waals surface area contributed by atoms with Gasteiger partial charge in [0.25, 0.3) is 39.2 Å². The number of carbonyl (C=O) groups is 2. The fraction of sp³-hybridized carbons (Fsp3) is 0.440. The summed E-state index contributed by atoms with van der Waals surface area (Å²) in [4.78, 5) is 24.3. The van der Waals surface area contributed by atoms with Crippen LogP contribution in [0.2, 0.25) is 0 Å². The normalized spacial score (nSPS) is 11.0. The van der Waals surface area contributed by atoms with Crippen molar-refractivity contribution < 1.29 is 42.2 Å². The fourth-order valence-corrected chi connectivity index (χ4v) is 4.44. The molecule has 0 aliphatic heterocycles. The summed E-state index contributed by atoms with van der Waals surface area (Å²) in [5, 5.41) is 36.4. The van der Waals surface area contributed by atoms with Crippen molar-refractivity contribution in [3.63, 3.8) is 0 Å². The van der Waals surface area contributed by atoms with Crippen molar-refractivity contribution >= 4 is 47.2 Å². The number of thioether (sulfide) groups is 3. The summed E-state index contributed by atoms with van der Waals surface area (Å²) in [7, 11) is 0. The van der Waals surface area contributed by atoms with Gasteiger partial charge in [0.15, 0.2) is 19.8 Å². The molecule has 0 saturated heterocycles. The van der Waals surface area contributed by atoms with Crippen molar-refractivity contribution in [2.45, 2.75) is 61.2 Å². The van der Waals surface area contributed by atoms with Crippen molar-refractivity contribution in [2.75, 3.05) is 25.3 Å². The minimum Gasteiger partial charge on any atom is -0.484 e. The van der Waals surface area contributed by atoms with Gasteiger partial charge in [-0.05, 0) is 31.6 Å². The van der Waals surface area contributed by atoms with Gasteiger partial charge in [0, 0.05) is 25.1 Å². The molecular formula is C25H29N7O9S3. The molecule has 3 aromatic heterocycles. The maximum Gasteiger partial charge on any atom is 0.303 e. The Kier molecular flexibility index (Phi) is 12.5. The third-order valence-corrected chi connectivity index (χ3v) is 7.10. The molecule has 2 N–H and O–H groups in total. The first kappa shape index (κ1) is 32.9. The second kappa shape index (κ2) is 16.8. The van der Waals surface area contributed by atoms with Crippen LogP contribution in [0.5, 0.6) is 17.2 Å². The molecule has 0 unspecified atom stereocenters. The summed E-state index contributed by atoms with van der Waals surface area (Å²) < 4.78 is 34.4. The number of hydrogen-bond donors (Lipinski definition) is 2. The third kappa shape index (κ3) is 9.78. The fourth-order valence-electron chi connectivity index (χ4n) is 3.53. The van der Waals surface area contributed by atoms with Gasteiger partial charge in [-0.3, -0.25) is 9.59 Å². The molecule has 19 heteroatoms. The number of aliphatic carboxylic acids is 1. The van der Waals surface area contributed by atoms with E-state index in [0.29, 0.717) is 41.5 Å². The van der Waals surface area contributed by atoms with Crippen LogP contribution in [0.15, 0.2) is 41.1 Å². The van der Waals surface area contributed by atoms with Gasteiger partial charge in [-0.25, -0.2) is 0 Å². The monoisotopic (exact) mass is 667 g/mol. The van der Waals surface area contributed by atoms with Crippen LogP contribution < -0.4 is 19.5 Å². The van der Waals surface area contributed by atoms with E-state index in [-0.39, 0.29) is 66.7 Å². The summed E-state index contributed by atoms with van der Waals surface area (Å²) in [5.74, 6) is -0.235. The summed E-state index contributed by atoms with van der Waals surface area (Å²) in [6.07, 6.45) is 7.17. The Hall–Kier alpha value is -3.97. The molecule has 0 aliphatic carbocycles. The Balaban J connectivity index is 1.60. The van der Waals surface area contributed by atoms with Gasteiger partial charge < -0.3 is 37.9 Å². The van der Waals surface area contributed by atoms with E-state index in [0.717, 1.165) is 0 Å². The number of carboxylic acids is 1. The summed E-state index contributed by atoms with van der Waals surface area (Å²) >= 11 is 3.86. The van der Waals surface area contributed by atoms with E-state index in [2.05, 4.69) is 35.9 Å². The lowest BCUT2D eigenvalue weighted by atomic mass is 10.1. The molecule has 0 fully saturated rings. The molecule has 4 rings (SSSR count). The number of amides is 1. The molecule has 16 nitrogen and oxygen atoms in total. The molecule has 236 valence electrons. The Labute approximate surface area is 263 Å². The summed E-state index contributed by atoms with van der Waals surface area (Å²) in [5.41, 5.74) is 0.0690. The predicted octanol–water partition coefficient (Wildman–Crippen LogP) is 4.11. The van der Waals surface area contributed by atoms with Crippen LogP contribution in [-0.4, -0.2) is 72.9 Å². The molecule has 0 saturated carbocycles. The van der Waals surface area contributed by atoms with Crippen LogP contribution in [0.4, 0.5) is 0 Å². The highest BCUT2D eigenvalue weighted by molar-refractivity contribution is 7.98. The molecule has 0 atom stereocenters. The highest BCUT2D eigenvalue weighted by atomic mass is 32.2. The Morgan fingerprint density at radius 3 is 1.64 bits per heavy atom. The number of unbranched alkanes of at least 4 members (excludes halogenated alkanes) is 2. The third-order valence-electron chi connectivity index (χ3n) is 5.55. The molecule has 4 aromatic rings. The molecule has 44 heavy (non-hydrogen) atoms. The van der Waals surface area contributed by atoms with Crippen LogP contribution >= 0.6 is 35.3 Å². The van der Waals surface area contributed by atoms with Crippen LogP contribution in [0.25, 0.3) is 0 Å². The first-order chi connectivity index (χ1) is 21.4. The van der Waals surface area contributed by atoms with Gasteiger partial charge in [-0.1, -0.05) is 41.7 Å². The maximum atomic E-state index is 13.5. The van der Waals surface area contributed by atoms with Gasteiger partial charge >= 0.3 is 5.97 Å². The average Bonchev–Trinajstić information content (AvgIpc) is 3.80. The van der Waals surface area contributed by atoms with Crippen LogP contribution in [0, 0.1) is 0 Å². The van der Waals surface area contributed by atoms with E-state index in [1.165, 1.54) is 47.4 Å². The number of rotatable bonds is 19. The highest BCUT2D eigenvalue weighted by Crippen LogP contribution is 2.36. The van der Waals surface area contributed by atoms with Gasteiger partial charge in [0.2, 0.25) is 0 Å². The lowest BCUT2D eigenvalue weighted by Gasteiger charge is -2.17. The van der Waals surface area contributed by atoms with Crippen molar-refractivity contribution in [3.8, 4) is 17.2 Å². The number of benzene rings is 1. The van der Waals surface area contributed by atoms with Gasteiger partial charge in [0.1, 0.15) is 22.8 Å². The van der Waals surface area contributed by atoms with E-state index < -0.39 is 11.9 Å². The second-order valence-corrected chi connectivity index (χ2v) is 10.9. The van der Waals surface area contributed by atoms with Crippen molar-refractivity contribution in [1.29, 1.82) is 0 Å². The number of aromatic nitrogens is 6.